The summed E-state index contributed by atoms with van der Waals surface area (Å²) in [4.78, 5) is 0. The van der Waals surface area contributed by atoms with Crippen LogP contribution in [0.4, 0.5) is 0 Å². The van der Waals surface area contributed by atoms with Gasteiger partial charge in [-0.2, -0.15) is 0 Å². The lowest BCUT2D eigenvalue weighted by Gasteiger charge is -2.27. The fourth-order valence-corrected chi connectivity index (χ4v) is 1.82. The van der Waals surface area contributed by atoms with Crippen molar-refractivity contribution >= 4 is 0 Å². The Morgan fingerprint density at radius 3 is 2.38 bits per heavy atom. The van der Waals surface area contributed by atoms with Crippen molar-refractivity contribution in [2.75, 3.05) is 26.3 Å². The van der Waals surface area contributed by atoms with Gasteiger partial charge in [0.25, 0.3) is 0 Å². The number of hydrogen-bond acceptors (Lipinski definition) is 3. The molecule has 0 bridgehead atoms. The summed E-state index contributed by atoms with van der Waals surface area (Å²) >= 11 is 0. The van der Waals surface area contributed by atoms with Crippen molar-refractivity contribution in [2.24, 2.45) is 0 Å². The molecule has 3 heteroatoms. The van der Waals surface area contributed by atoms with Crippen LogP contribution in [0.15, 0.2) is 24.3 Å². The van der Waals surface area contributed by atoms with Gasteiger partial charge in [0.15, 0.2) is 0 Å². The van der Waals surface area contributed by atoms with Crippen molar-refractivity contribution in [1.82, 2.24) is 10.4 Å². The molecule has 0 unspecified atom stereocenters. The molecule has 0 saturated carbocycles. The van der Waals surface area contributed by atoms with Crippen molar-refractivity contribution in [3.8, 4) is 0 Å². The molecule has 1 aliphatic heterocycles. The first-order valence-electron chi connectivity index (χ1n) is 6.02. The largest absolute Gasteiger partial charge is 0.379 e. The molecule has 16 heavy (non-hydrogen) atoms. The van der Waals surface area contributed by atoms with Crippen molar-refractivity contribution in [3.63, 3.8) is 0 Å². The molecule has 0 radical (unpaired) electrons. The number of nitrogens with one attached hydrogen (secondary N) is 1. The van der Waals surface area contributed by atoms with Crippen LogP contribution in [0.2, 0.25) is 0 Å². The smallest absolute Gasteiger partial charge is 0.0608 e. The van der Waals surface area contributed by atoms with Gasteiger partial charge in [-0.3, -0.25) is 5.43 Å². The van der Waals surface area contributed by atoms with Crippen molar-refractivity contribution in [3.05, 3.63) is 35.4 Å². The van der Waals surface area contributed by atoms with Gasteiger partial charge in [-0.25, -0.2) is 5.01 Å². The van der Waals surface area contributed by atoms with E-state index in [1.807, 2.05) is 0 Å². The van der Waals surface area contributed by atoms with E-state index >= 15 is 0 Å². The van der Waals surface area contributed by atoms with Crippen LogP contribution < -0.4 is 5.43 Å². The van der Waals surface area contributed by atoms with Gasteiger partial charge in [-0.05, 0) is 17.5 Å². The van der Waals surface area contributed by atoms with Gasteiger partial charge in [0, 0.05) is 19.6 Å². The molecule has 3 nitrogen and oxygen atoms in total. The summed E-state index contributed by atoms with van der Waals surface area (Å²) in [6.07, 6.45) is 1.11. The third-order valence-electron chi connectivity index (χ3n) is 2.95. The Kier molecular flexibility index (Phi) is 4.34. The number of rotatable bonds is 4. The predicted octanol–water partition coefficient (Wildman–Crippen LogP) is 1.59. The summed E-state index contributed by atoms with van der Waals surface area (Å²) in [5, 5.41) is 2.23. The molecule has 88 valence electrons. The van der Waals surface area contributed by atoms with Gasteiger partial charge in [-0.1, -0.05) is 31.2 Å². The zero-order valence-electron chi connectivity index (χ0n) is 9.91. The Morgan fingerprint density at radius 1 is 1.12 bits per heavy atom. The standard InChI is InChI=1S/C13H20N2O/c1-2-12-3-5-13(6-4-12)11-14-15-7-9-16-10-8-15/h3-6,14H,2,7-11H2,1H3. The van der Waals surface area contributed by atoms with E-state index in [4.69, 9.17) is 4.74 Å². The highest BCUT2D eigenvalue weighted by atomic mass is 16.5. The molecule has 1 saturated heterocycles. The van der Waals surface area contributed by atoms with Crippen LogP contribution in [-0.2, 0) is 17.7 Å². The molecule has 1 heterocycles. The van der Waals surface area contributed by atoms with Crippen LogP contribution in [0.25, 0.3) is 0 Å². The normalized spacial score (nSPS) is 17.6. The van der Waals surface area contributed by atoms with Crippen molar-refractivity contribution < 1.29 is 4.74 Å². The average molecular weight is 220 g/mol. The number of hydrogen-bond donors (Lipinski definition) is 1. The van der Waals surface area contributed by atoms with Gasteiger partial charge in [0.2, 0.25) is 0 Å². The maximum absolute atomic E-state index is 5.30. The molecule has 2 rings (SSSR count). The highest BCUT2D eigenvalue weighted by Gasteiger charge is 2.08. The fraction of sp³-hybridized carbons (Fsp3) is 0.538. The van der Waals surface area contributed by atoms with E-state index in [-0.39, 0.29) is 0 Å². The molecule has 1 aromatic rings. The molecule has 1 N–H and O–H groups in total. The average Bonchev–Trinajstić information content (AvgIpc) is 2.38. The van der Waals surface area contributed by atoms with Crippen molar-refractivity contribution in [2.45, 2.75) is 19.9 Å². The molecular formula is C13H20N2O. The molecule has 0 atom stereocenters. The molecule has 0 aliphatic carbocycles. The summed E-state index contributed by atoms with van der Waals surface area (Å²) < 4.78 is 5.30. The molecule has 0 spiro atoms. The number of hydrazine groups is 1. The van der Waals surface area contributed by atoms with Gasteiger partial charge < -0.3 is 4.74 Å². The Labute approximate surface area is 97.4 Å². The van der Waals surface area contributed by atoms with Crippen molar-refractivity contribution in [1.29, 1.82) is 0 Å². The summed E-state index contributed by atoms with van der Waals surface area (Å²) in [6, 6.07) is 8.81. The van der Waals surface area contributed by atoms with Gasteiger partial charge in [0.05, 0.1) is 13.2 Å². The minimum atomic E-state index is 0.835. The van der Waals surface area contributed by atoms with Crippen LogP contribution in [0, 0.1) is 0 Å². The molecular weight excluding hydrogens is 200 g/mol. The van der Waals surface area contributed by atoms with Gasteiger partial charge in [-0.15, -0.1) is 0 Å². The van der Waals surface area contributed by atoms with E-state index < -0.39 is 0 Å². The minimum Gasteiger partial charge on any atom is -0.379 e. The zero-order valence-corrected chi connectivity index (χ0v) is 9.91. The first-order valence-corrected chi connectivity index (χ1v) is 6.02. The molecule has 0 aromatic heterocycles. The van der Waals surface area contributed by atoms with Gasteiger partial charge >= 0.3 is 0 Å². The summed E-state index contributed by atoms with van der Waals surface area (Å²) in [6.45, 7) is 6.72. The lowest BCUT2D eigenvalue weighted by molar-refractivity contribution is 0.0106. The summed E-state index contributed by atoms with van der Waals surface area (Å²) in [5.41, 5.74) is 6.16. The van der Waals surface area contributed by atoms with Crippen LogP contribution in [0.3, 0.4) is 0 Å². The third kappa shape index (κ3) is 3.30. The highest BCUT2D eigenvalue weighted by molar-refractivity contribution is 5.22. The second-order valence-electron chi connectivity index (χ2n) is 4.10. The van der Waals surface area contributed by atoms with E-state index in [1.165, 1.54) is 11.1 Å². The lowest BCUT2D eigenvalue weighted by atomic mass is 10.1. The van der Waals surface area contributed by atoms with Gasteiger partial charge in [0.1, 0.15) is 0 Å². The first kappa shape index (κ1) is 11.6. The van der Waals surface area contributed by atoms with E-state index in [2.05, 4.69) is 41.6 Å². The Balaban J connectivity index is 1.79. The quantitative estimate of drug-likeness (QED) is 0.834. The zero-order chi connectivity index (χ0) is 11.2. The summed E-state index contributed by atoms with van der Waals surface area (Å²) in [5.74, 6) is 0. The van der Waals surface area contributed by atoms with Crippen LogP contribution in [-0.4, -0.2) is 31.3 Å². The monoisotopic (exact) mass is 220 g/mol. The molecule has 1 aromatic carbocycles. The Morgan fingerprint density at radius 2 is 1.75 bits per heavy atom. The summed E-state index contributed by atoms with van der Waals surface area (Å²) in [7, 11) is 0. The second kappa shape index (κ2) is 5.99. The SMILES string of the molecule is CCc1ccc(CNN2CCOCC2)cc1. The maximum atomic E-state index is 5.30. The second-order valence-corrected chi connectivity index (χ2v) is 4.10. The minimum absolute atomic E-state index is 0.835. The fourth-order valence-electron chi connectivity index (χ4n) is 1.82. The Bertz CT molecular complexity index is 304. The maximum Gasteiger partial charge on any atom is 0.0608 e. The van der Waals surface area contributed by atoms with E-state index in [9.17, 15) is 0 Å². The van der Waals surface area contributed by atoms with Crippen LogP contribution in [0.1, 0.15) is 18.1 Å². The highest BCUT2D eigenvalue weighted by Crippen LogP contribution is 2.05. The number of benzene rings is 1. The number of ether oxygens (including phenoxy) is 1. The molecule has 1 fully saturated rings. The molecule has 0 amide bonds. The molecule has 1 aliphatic rings. The third-order valence-corrected chi connectivity index (χ3v) is 2.95. The topological polar surface area (TPSA) is 24.5 Å². The Hall–Kier alpha value is -0.900. The van der Waals surface area contributed by atoms with E-state index in [0.717, 1.165) is 39.3 Å². The van der Waals surface area contributed by atoms with Crippen LogP contribution in [0.5, 0.6) is 0 Å². The first-order chi connectivity index (χ1) is 7.88. The number of aryl methyl sites for hydroxylation is 1. The van der Waals surface area contributed by atoms with Crippen LogP contribution >= 0.6 is 0 Å². The predicted molar refractivity (Wildman–Crippen MR) is 65.1 cm³/mol. The lowest BCUT2D eigenvalue weighted by Crippen LogP contribution is -2.45. The van der Waals surface area contributed by atoms with E-state index in [0.29, 0.717) is 0 Å². The number of morpholine rings is 1. The van der Waals surface area contributed by atoms with E-state index in [1.54, 1.807) is 0 Å². The number of nitrogens with zero attached hydrogens (tertiary/aromatic N) is 1.